The molecule has 0 aliphatic carbocycles. The quantitative estimate of drug-likeness (QED) is 0.479. The normalized spacial score (nSPS) is 19.9. The van der Waals surface area contributed by atoms with Crippen molar-refractivity contribution in [3.63, 3.8) is 0 Å². The van der Waals surface area contributed by atoms with Crippen molar-refractivity contribution >= 4 is 17.4 Å². The number of hydrogen-bond donors (Lipinski definition) is 1. The van der Waals surface area contributed by atoms with E-state index < -0.39 is 35.2 Å². The Morgan fingerprint density at radius 3 is 2.50 bits per heavy atom. The average Bonchev–Trinajstić information content (AvgIpc) is 3.32. The maximum absolute atomic E-state index is 14.0. The summed E-state index contributed by atoms with van der Waals surface area (Å²) in [7, 11) is 0. The van der Waals surface area contributed by atoms with E-state index in [0.717, 1.165) is 22.7 Å². The summed E-state index contributed by atoms with van der Waals surface area (Å²) >= 11 is 0. The van der Waals surface area contributed by atoms with Gasteiger partial charge in [-0.1, -0.05) is 42.5 Å². The van der Waals surface area contributed by atoms with Gasteiger partial charge >= 0.3 is 18.1 Å². The number of carbonyl (C=O) groups is 1. The molecule has 0 saturated heterocycles. The zero-order chi connectivity index (χ0) is 24.1. The molecule has 10 heteroatoms. The standard InChI is InChI=1S/C24H16F5N3O2/c25-16-8-4-7-15(11-16)21-18(14-5-2-1-3-6-14)13-32(31-21)22(33)30-17-9-10-20-19(12-17)23(26,27)24(28,29)34-20/h1-12,18H,13H2,(H,30,33). The van der Waals surface area contributed by atoms with E-state index in [1.54, 1.807) is 6.07 Å². The van der Waals surface area contributed by atoms with Gasteiger partial charge in [-0.2, -0.15) is 22.7 Å². The molecule has 3 aromatic carbocycles. The van der Waals surface area contributed by atoms with Crippen LogP contribution in [0.1, 0.15) is 22.6 Å². The third-order valence-electron chi connectivity index (χ3n) is 5.64. The monoisotopic (exact) mass is 473 g/mol. The minimum Gasteiger partial charge on any atom is -0.427 e. The molecule has 0 aromatic heterocycles. The molecule has 5 rings (SSSR count). The van der Waals surface area contributed by atoms with Gasteiger partial charge in [0.1, 0.15) is 11.6 Å². The van der Waals surface area contributed by atoms with Gasteiger partial charge in [0.2, 0.25) is 0 Å². The largest absolute Gasteiger partial charge is 0.469 e. The third kappa shape index (κ3) is 3.64. The number of ether oxygens (including phenoxy) is 1. The highest BCUT2D eigenvalue weighted by atomic mass is 19.3. The lowest BCUT2D eigenvalue weighted by Crippen LogP contribution is -2.37. The van der Waals surface area contributed by atoms with Crippen molar-refractivity contribution in [1.82, 2.24) is 5.01 Å². The number of urea groups is 1. The van der Waals surface area contributed by atoms with Crippen LogP contribution in [-0.2, 0) is 5.92 Å². The smallest absolute Gasteiger partial charge is 0.427 e. The van der Waals surface area contributed by atoms with Gasteiger partial charge in [-0.3, -0.25) is 0 Å². The van der Waals surface area contributed by atoms with Crippen molar-refractivity contribution in [3.05, 3.63) is 95.3 Å². The highest BCUT2D eigenvalue weighted by molar-refractivity contribution is 6.07. The zero-order valence-corrected chi connectivity index (χ0v) is 17.3. The summed E-state index contributed by atoms with van der Waals surface area (Å²) in [5.41, 5.74) is 0.630. The van der Waals surface area contributed by atoms with Gasteiger partial charge in [0.05, 0.1) is 17.8 Å². The van der Waals surface area contributed by atoms with Gasteiger partial charge in [0.25, 0.3) is 0 Å². The summed E-state index contributed by atoms with van der Waals surface area (Å²) in [6.45, 7) is 0.101. The Morgan fingerprint density at radius 2 is 1.76 bits per heavy atom. The number of nitrogens with zero attached hydrogens (tertiary/aromatic N) is 2. The van der Waals surface area contributed by atoms with Gasteiger partial charge in [0.15, 0.2) is 0 Å². The first-order valence-corrected chi connectivity index (χ1v) is 10.2. The van der Waals surface area contributed by atoms with E-state index in [1.165, 1.54) is 24.3 Å². The van der Waals surface area contributed by atoms with E-state index in [9.17, 15) is 26.7 Å². The number of anilines is 1. The van der Waals surface area contributed by atoms with Crippen LogP contribution in [0.2, 0.25) is 0 Å². The Bertz CT molecular complexity index is 1300. The number of benzene rings is 3. The van der Waals surface area contributed by atoms with Gasteiger partial charge in [-0.05, 0) is 35.9 Å². The predicted molar refractivity (Wildman–Crippen MR) is 114 cm³/mol. The number of rotatable bonds is 3. The second-order valence-electron chi connectivity index (χ2n) is 7.88. The molecule has 0 fully saturated rings. The van der Waals surface area contributed by atoms with Gasteiger partial charge in [0, 0.05) is 17.2 Å². The molecule has 174 valence electrons. The first-order valence-electron chi connectivity index (χ1n) is 10.2. The van der Waals surface area contributed by atoms with E-state index in [1.807, 2.05) is 30.3 Å². The molecule has 2 amide bonds. The van der Waals surface area contributed by atoms with Crippen LogP contribution >= 0.6 is 0 Å². The van der Waals surface area contributed by atoms with E-state index >= 15 is 0 Å². The molecule has 2 aliphatic rings. The van der Waals surface area contributed by atoms with Crippen molar-refractivity contribution in [2.45, 2.75) is 17.9 Å². The SMILES string of the molecule is O=C(Nc1ccc2c(c1)C(F)(F)C(F)(F)O2)N1CC(c2ccccc2)C(c2cccc(F)c2)=N1. The molecule has 0 spiro atoms. The van der Waals surface area contributed by atoms with Crippen molar-refractivity contribution in [2.75, 3.05) is 11.9 Å². The van der Waals surface area contributed by atoms with Crippen molar-refractivity contribution in [2.24, 2.45) is 5.10 Å². The third-order valence-corrected chi connectivity index (χ3v) is 5.64. The first-order chi connectivity index (χ1) is 16.2. The number of nitrogens with one attached hydrogen (secondary N) is 1. The van der Waals surface area contributed by atoms with Crippen molar-refractivity contribution in [1.29, 1.82) is 0 Å². The summed E-state index contributed by atoms with van der Waals surface area (Å²) in [6.07, 6.45) is -4.68. The summed E-state index contributed by atoms with van der Waals surface area (Å²) in [5, 5.41) is 7.85. The van der Waals surface area contributed by atoms with Gasteiger partial charge < -0.3 is 10.1 Å². The number of hydrogen-bond acceptors (Lipinski definition) is 3. The summed E-state index contributed by atoms with van der Waals surface area (Å²) < 4.78 is 72.8. The average molecular weight is 473 g/mol. The predicted octanol–water partition coefficient (Wildman–Crippen LogP) is 5.94. The minimum absolute atomic E-state index is 0.101. The highest BCUT2D eigenvalue weighted by Gasteiger charge is 2.66. The van der Waals surface area contributed by atoms with Crippen LogP contribution in [0, 0.1) is 5.82 Å². The topological polar surface area (TPSA) is 53.9 Å². The fraction of sp³-hybridized carbons (Fsp3) is 0.167. The lowest BCUT2D eigenvalue weighted by atomic mass is 9.90. The molecule has 1 atom stereocenters. The Balaban J connectivity index is 1.43. The maximum atomic E-state index is 14.0. The molecule has 2 aliphatic heterocycles. The van der Waals surface area contributed by atoms with Crippen LogP contribution in [0.4, 0.5) is 32.4 Å². The van der Waals surface area contributed by atoms with E-state index in [4.69, 9.17) is 0 Å². The van der Waals surface area contributed by atoms with E-state index in [2.05, 4.69) is 15.2 Å². The number of halogens is 5. The summed E-state index contributed by atoms with van der Waals surface area (Å²) in [4.78, 5) is 12.9. The molecule has 0 radical (unpaired) electrons. The minimum atomic E-state index is -4.68. The van der Waals surface area contributed by atoms with Crippen molar-refractivity contribution in [3.8, 4) is 5.75 Å². The number of hydrazone groups is 1. The van der Waals surface area contributed by atoms with Crippen LogP contribution in [0.15, 0.2) is 77.9 Å². The second-order valence-corrected chi connectivity index (χ2v) is 7.88. The Kier molecular flexibility index (Phi) is 5.03. The number of carbonyl (C=O) groups excluding carboxylic acids is 1. The second kappa shape index (κ2) is 7.82. The van der Waals surface area contributed by atoms with Gasteiger partial charge in [-0.25, -0.2) is 14.2 Å². The van der Waals surface area contributed by atoms with E-state index in [-0.39, 0.29) is 18.2 Å². The molecule has 0 saturated carbocycles. The Hall–Kier alpha value is -3.95. The molecule has 34 heavy (non-hydrogen) atoms. The number of alkyl halides is 4. The van der Waals surface area contributed by atoms with Crippen LogP contribution in [0.25, 0.3) is 0 Å². The summed E-state index contributed by atoms with van der Waals surface area (Å²) in [6, 6.07) is 17.1. The fourth-order valence-corrected chi connectivity index (χ4v) is 3.97. The maximum Gasteiger partial charge on any atom is 0.469 e. The van der Waals surface area contributed by atoms with E-state index in [0.29, 0.717) is 11.3 Å². The highest BCUT2D eigenvalue weighted by Crippen LogP contribution is 2.53. The zero-order valence-electron chi connectivity index (χ0n) is 17.3. The first kappa shape index (κ1) is 21.9. The number of fused-ring (bicyclic) bond motifs is 1. The molecule has 5 nitrogen and oxygen atoms in total. The van der Waals surface area contributed by atoms with Gasteiger partial charge in [-0.15, -0.1) is 0 Å². The fourth-order valence-electron chi connectivity index (χ4n) is 3.97. The summed E-state index contributed by atoms with van der Waals surface area (Å²) in [5.74, 6) is -6.04. The Morgan fingerprint density at radius 1 is 1.00 bits per heavy atom. The molecule has 1 unspecified atom stereocenters. The molecule has 2 heterocycles. The van der Waals surface area contributed by atoms with Crippen molar-refractivity contribution < 1.29 is 31.5 Å². The van der Waals surface area contributed by atoms with Crippen LogP contribution in [-0.4, -0.2) is 29.4 Å². The van der Waals surface area contributed by atoms with Crippen LogP contribution < -0.4 is 10.1 Å². The van der Waals surface area contributed by atoms with Crippen LogP contribution in [0.3, 0.4) is 0 Å². The molecular formula is C24H16F5N3O2. The molecule has 1 N–H and O–H groups in total. The number of amides is 2. The van der Waals surface area contributed by atoms with Crippen LogP contribution in [0.5, 0.6) is 5.75 Å². The molecular weight excluding hydrogens is 457 g/mol. The molecule has 3 aromatic rings. The lowest BCUT2D eigenvalue weighted by Gasteiger charge is -2.17. The lowest BCUT2D eigenvalue weighted by molar-refractivity contribution is -0.296. The molecule has 0 bridgehead atoms. The Labute approximate surface area is 190 Å².